The van der Waals surface area contributed by atoms with Crippen molar-refractivity contribution in [2.24, 2.45) is 5.41 Å². The molecule has 0 radical (unpaired) electrons. The van der Waals surface area contributed by atoms with Crippen molar-refractivity contribution in [2.45, 2.75) is 32.7 Å². The molecule has 18 heavy (non-hydrogen) atoms. The number of nitrogens with zero attached hydrogens (tertiary/aromatic N) is 1. The van der Waals surface area contributed by atoms with Crippen LogP contribution in [0.25, 0.3) is 0 Å². The third-order valence-corrected chi connectivity index (χ3v) is 4.21. The van der Waals surface area contributed by atoms with Crippen LogP contribution in [0.5, 0.6) is 0 Å². The first kappa shape index (κ1) is 13.6. The second-order valence-electron chi connectivity index (χ2n) is 5.79. The smallest absolute Gasteiger partial charge is 0.0230 e. The minimum absolute atomic E-state index is 0.488. The molecule has 0 aromatic heterocycles. The fourth-order valence-electron chi connectivity index (χ4n) is 3.10. The van der Waals surface area contributed by atoms with E-state index in [1.54, 1.807) is 0 Å². The van der Waals surface area contributed by atoms with Crippen LogP contribution in [0.15, 0.2) is 30.3 Å². The molecule has 1 aliphatic heterocycles. The highest BCUT2D eigenvalue weighted by molar-refractivity contribution is 5.14. The highest BCUT2D eigenvalue weighted by Crippen LogP contribution is 2.31. The molecule has 0 spiro atoms. The molecule has 100 valence electrons. The van der Waals surface area contributed by atoms with Gasteiger partial charge in [-0.05, 0) is 43.8 Å². The van der Waals surface area contributed by atoms with Crippen LogP contribution >= 0.6 is 0 Å². The molecule has 1 saturated heterocycles. The lowest BCUT2D eigenvalue weighted by molar-refractivity contribution is 0.125. The van der Waals surface area contributed by atoms with E-state index in [2.05, 4.69) is 54.5 Å². The Morgan fingerprint density at radius 3 is 2.67 bits per heavy atom. The summed E-state index contributed by atoms with van der Waals surface area (Å²) in [6.45, 7) is 6.98. The van der Waals surface area contributed by atoms with Gasteiger partial charge in [0, 0.05) is 19.6 Å². The van der Waals surface area contributed by atoms with Gasteiger partial charge in [-0.1, -0.05) is 37.3 Å². The third-order valence-electron chi connectivity index (χ3n) is 4.21. The summed E-state index contributed by atoms with van der Waals surface area (Å²) in [5, 5.41) is 3.57. The average Bonchev–Trinajstić information content (AvgIpc) is 2.41. The van der Waals surface area contributed by atoms with Gasteiger partial charge in [0.1, 0.15) is 0 Å². The van der Waals surface area contributed by atoms with Crippen LogP contribution in [0.3, 0.4) is 0 Å². The lowest BCUT2D eigenvalue weighted by Crippen LogP contribution is -2.46. The zero-order valence-electron chi connectivity index (χ0n) is 11.8. The lowest BCUT2D eigenvalue weighted by atomic mass is 9.78. The Bertz CT molecular complexity index is 341. The van der Waals surface area contributed by atoms with Crippen LogP contribution in [-0.4, -0.2) is 31.6 Å². The molecule has 2 nitrogen and oxygen atoms in total. The number of hydrogen-bond donors (Lipinski definition) is 1. The third kappa shape index (κ3) is 3.56. The average molecular weight is 246 g/mol. The lowest BCUT2D eigenvalue weighted by Gasteiger charge is -2.40. The van der Waals surface area contributed by atoms with Crippen molar-refractivity contribution in [3.8, 4) is 0 Å². The van der Waals surface area contributed by atoms with E-state index in [1.807, 2.05) is 0 Å². The molecule has 1 unspecified atom stereocenters. The summed E-state index contributed by atoms with van der Waals surface area (Å²) < 4.78 is 0. The highest BCUT2D eigenvalue weighted by Gasteiger charge is 2.31. The maximum absolute atomic E-state index is 3.57. The molecule has 1 aliphatic rings. The summed E-state index contributed by atoms with van der Waals surface area (Å²) in [6, 6.07) is 10.8. The zero-order valence-corrected chi connectivity index (χ0v) is 11.8. The van der Waals surface area contributed by atoms with Crippen LogP contribution in [0.2, 0.25) is 0 Å². The van der Waals surface area contributed by atoms with Crippen LogP contribution in [-0.2, 0) is 6.54 Å². The molecule has 2 heteroatoms. The molecular formula is C16H26N2. The molecule has 1 fully saturated rings. The molecule has 1 aromatic carbocycles. The van der Waals surface area contributed by atoms with Gasteiger partial charge in [-0.25, -0.2) is 0 Å². The van der Waals surface area contributed by atoms with Gasteiger partial charge in [0.05, 0.1) is 0 Å². The normalized spacial score (nSPS) is 24.4. The van der Waals surface area contributed by atoms with Crippen molar-refractivity contribution in [2.75, 3.05) is 26.7 Å². The molecule has 0 amide bonds. The van der Waals surface area contributed by atoms with E-state index < -0.39 is 0 Å². The summed E-state index contributed by atoms with van der Waals surface area (Å²) in [6.07, 6.45) is 3.97. The summed E-state index contributed by atoms with van der Waals surface area (Å²) in [5.74, 6) is 0. The van der Waals surface area contributed by atoms with Gasteiger partial charge in [0.15, 0.2) is 0 Å². The Hall–Kier alpha value is -0.860. The van der Waals surface area contributed by atoms with E-state index in [0.29, 0.717) is 5.41 Å². The Labute approximate surface area is 111 Å². The van der Waals surface area contributed by atoms with Gasteiger partial charge in [0.25, 0.3) is 0 Å². The van der Waals surface area contributed by atoms with Crippen molar-refractivity contribution in [3.05, 3.63) is 35.9 Å². The molecule has 0 bridgehead atoms. The van der Waals surface area contributed by atoms with Crippen LogP contribution in [0.4, 0.5) is 0 Å². The van der Waals surface area contributed by atoms with Crippen LogP contribution < -0.4 is 5.32 Å². The Morgan fingerprint density at radius 1 is 1.28 bits per heavy atom. The Kier molecular flexibility index (Phi) is 4.79. The van der Waals surface area contributed by atoms with Crippen molar-refractivity contribution in [1.29, 1.82) is 0 Å². The van der Waals surface area contributed by atoms with Gasteiger partial charge in [-0.2, -0.15) is 0 Å². The molecule has 1 heterocycles. The van der Waals surface area contributed by atoms with Gasteiger partial charge in [0.2, 0.25) is 0 Å². The van der Waals surface area contributed by atoms with Crippen molar-refractivity contribution < 1.29 is 0 Å². The van der Waals surface area contributed by atoms with E-state index in [-0.39, 0.29) is 0 Å². The molecule has 1 atom stereocenters. The summed E-state index contributed by atoms with van der Waals surface area (Å²) >= 11 is 0. The molecule has 2 rings (SSSR count). The number of piperidine rings is 1. The second-order valence-corrected chi connectivity index (χ2v) is 5.79. The van der Waals surface area contributed by atoms with Crippen LogP contribution in [0.1, 0.15) is 31.7 Å². The minimum atomic E-state index is 0.488. The monoisotopic (exact) mass is 246 g/mol. The van der Waals surface area contributed by atoms with Crippen LogP contribution in [0, 0.1) is 5.41 Å². The molecule has 0 saturated carbocycles. The first-order chi connectivity index (χ1) is 8.74. The Morgan fingerprint density at radius 2 is 2.06 bits per heavy atom. The quantitative estimate of drug-likeness (QED) is 0.859. The fraction of sp³-hybridized carbons (Fsp3) is 0.625. The first-order valence-corrected chi connectivity index (χ1v) is 7.17. The first-order valence-electron chi connectivity index (χ1n) is 7.17. The minimum Gasteiger partial charge on any atom is -0.316 e. The van der Waals surface area contributed by atoms with Crippen molar-refractivity contribution in [1.82, 2.24) is 10.2 Å². The highest BCUT2D eigenvalue weighted by atomic mass is 15.1. The van der Waals surface area contributed by atoms with Gasteiger partial charge < -0.3 is 10.2 Å². The van der Waals surface area contributed by atoms with E-state index in [9.17, 15) is 0 Å². The summed E-state index contributed by atoms with van der Waals surface area (Å²) in [7, 11) is 2.25. The summed E-state index contributed by atoms with van der Waals surface area (Å²) in [5.41, 5.74) is 1.90. The SMILES string of the molecule is CCC1(CN(C)Cc2ccccc2)CCCNC1. The summed E-state index contributed by atoms with van der Waals surface area (Å²) in [4.78, 5) is 2.48. The van der Waals surface area contributed by atoms with Crippen molar-refractivity contribution in [3.63, 3.8) is 0 Å². The zero-order chi connectivity index (χ0) is 12.8. The van der Waals surface area contributed by atoms with Gasteiger partial charge in [-0.3, -0.25) is 0 Å². The van der Waals surface area contributed by atoms with E-state index in [4.69, 9.17) is 0 Å². The molecule has 1 aromatic rings. The molecular weight excluding hydrogens is 220 g/mol. The predicted molar refractivity (Wildman–Crippen MR) is 77.6 cm³/mol. The van der Waals surface area contributed by atoms with E-state index >= 15 is 0 Å². The van der Waals surface area contributed by atoms with E-state index in [0.717, 1.165) is 6.54 Å². The van der Waals surface area contributed by atoms with E-state index in [1.165, 1.54) is 44.5 Å². The topological polar surface area (TPSA) is 15.3 Å². The number of hydrogen-bond acceptors (Lipinski definition) is 2. The predicted octanol–water partition coefficient (Wildman–Crippen LogP) is 2.90. The number of benzene rings is 1. The van der Waals surface area contributed by atoms with Crippen molar-refractivity contribution >= 4 is 0 Å². The number of rotatable bonds is 5. The fourth-order valence-corrected chi connectivity index (χ4v) is 3.10. The largest absolute Gasteiger partial charge is 0.316 e. The van der Waals surface area contributed by atoms with Gasteiger partial charge >= 0.3 is 0 Å². The van der Waals surface area contributed by atoms with Gasteiger partial charge in [-0.15, -0.1) is 0 Å². The Balaban J connectivity index is 1.91. The molecule has 0 aliphatic carbocycles. The maximum atomic E-state index is 3.57. The maximum Gasteiger partial charge on any atom is 0.0230 e. The number of nitrogens with one attached hydrogen (secondary N) is 1. The standard InChI is InChI=1S/C16H26N2/c1-3-16(10-7-11-17-13-16)14-18(2)12-15-8-5-4-6-9-15/h4-6,8-9,17H,3,7,10-14H2,1-2H3. The second kappa shape index (κ2) is 6.35. The molecule has 1 N–H and O–H groups in total.